The van der Waals surface area contributed by atoms with Crippen LogP contribution < -0.4 is 14.5 Å². The smallest absolute Gasteiger partial charge is 0.344 e. The number of anilines is 1. The molecule has 35 heavy (non-hydrogen) atoms. The molecular formula is C24H19FN2O6S2. The van der Waals surface area contributed by atoms with Crippen molar-refractivity contribution in [2.45, 2.75) is 23.1 Å². The molecule has 3 aromatic rings. The van der Waals surface area contributed by atoms with Crippen LogP contribution in [-0.4, -0.2) is 41.2 Å². The van der Waals surface area contributed by atoms with Crippen LogP contribution in [-0.2, 0) is 19.1 Å². The molecule has 0 aliphatic carbocycles. The largest absolute Gasteiger partial charge is 0.482 e. The van der Waals surface area contributed by atoms with Crippen molar-refractivity contribution in [2.75, 3.05) is 18.1 Å². The van der Waals surface area contributed by atoms with E-state index in [1.54, 1.807) is 31.2 Å². The highest BCUT2D eigenvalue weighted by Crippen LogP contribution is 2.54. The summed E-state index contributed by atoms with van der Waals surface area (Å²) in [6, 6.07) is 12.1. The molecule has 180 valence electrons. The van der Waals surface area contributed by atoms with E-state index < -0.39 is 40.7 Å². The summed E-state index contributed by atoms with van der Waals surface area (Å²) in [6.45, 7) is 1.58. The highest BCUT2D eigenvalue weighted by Gasteiger charge is 2.56. The third kappa shape index (κ3) is 4.14. The highest BCUT2D eigenvalue weighted by molar-refractivity contribution is 8.00. The molecule has 3 unspecified atom stereocenters. The third-order valence-electron chi connectivity index (χ3n) is 5.81. The maximum Gasteiger partial charge on any atom is 0.344 e. The molecule has 0 radical (unpaired) electrons. The summed E-state index contributed by atoms with van der Waals surface area (Å²) in [7, 11) is 0. The Balaban J connectivity index is 1.58. The van der Waals surface area contributed by atoms with Crippen LogP contribution in [0, 0.1) is 11.7 Å². The SMILES string of the molecule is CCOC(=O)COc1ccccc1C1c2sc(=O)[nH]c2SC2C(=O)N(c3ccc(F)cc3)C(=O)C21. The number of ether oxygens (including phenoxy) is 2. The zero-order valence-corrected chi connectivity index (χ0v) is 20.0. The minimum atomic E-state index is -0.830. The molecule has 0 bridgehead atoms. The lowest BCUT2D eigenvalue weighted by Gasteiger charge is -2.30. The summed E-state index contributed by atoms with van der Waals surface area (Å²) >= 11 is 2.12. The fraction of sp³-hybridized carbons (Fsp3) is 0.250. The molecular weight excluding hydrogens is 495 g/mol. The molecule has 5 rings (SSSR count). The predicted molar refractivity (Wildman–Crippen MR) is 127 cm³/mol. The topological polar surface area (TPSA) is 106 Å². The summed E-state index contributed by atoms with van der Waals surface area (Å²) in [5.41, 5.74) is 0.851. The normalized spacial score (nSPS) is 21.0. The number of nitrogens with one attached hydrogen (secondary N) is 1. The van der Waals surface area contributed by atoms with Gasteiger partial charge in [0.15, 0.2) is 6.61 Å². The van der Waals surface area contributed by atoms with Crippen LogP contribution >= 0.6 is 23.1 Å². The summed E-state index contributed by atoms with van der Waals surface area (Å²) in [5, 5.41) is -0.276. The molecule has 1 saturated heterocycles. The molecule has 2 amide bonds. The fourth-order valence-electron chi connectivity index (χ4n) is 4.41. The average Bonchev–Trinajstić information content (AvgIpc) is 3.33. The van der Waals surface area contributed by atoms with Crippen molar-refractivity contribution in [3.63, 3.8) is 0 Å². The summed E-state index contributed by atoms with van der Waals surface area (Å²) in [6.07, 6.45) is 0. The van der Waals surface area contributed by atoms with Gasteiger partial charge in [-0.05, 0) is 37.3 Å². The summed E-state index contributed by atoms with van der Waals surface area (Å²) in [5.74, 6) is -3.06. The van der Waals surface area contributed by atoms with Crippen molar-refractivity contribution >= 4 is 46.6 Å². The maximum absolute atomic E-state index is 13.7. The second kappa shape index (κ2) is 9.31. The second-order valence-electron chi connectivity index (χ2n) is 7.87. The van der Waals surface area contributed by atoms with Gasteiger partial charge in [-0.1, -0.05) is 41.3 Å². The number of halogens is 1. The van der Waals surface area contributed by atoms with Gasteiger partial charge in [0.2, 0.25) is 11.8 Å². The first-order chi connectivity index (χ1) is 16.9. The zero-order valence-electron chi connectivity index (χ0n) is 18.4. The molecule has 2 aliphatic heterocycles. The minimum absolute atomic E-state index is 0.212. The van der Waals surface area contributed by atoms with E-state index in [1.807, 2.05) is 0 Å². The Bertz CT molecular complexity index is 1370. The van der Waals surface area contributed by atoms with Crippen molar-refractivity contribution in [2.24, 2.45) is 5.92 Å². The zero-order chi connectivity index (χ0) is 24.7. The molecule has 0 spiro atoms. The average molecular weight is 515 g/mol. The summed E-state index contributed by atoms with van der Waals surface area (Å²) in [4.78, 5) is 55.4. The van der Waals surface area contributed by atoms with Gasteiger partial charge in [-0.25, -0.2) is 14.1 Å². The Kier molecular flexibility index (Phi) is 6.20. The summed E-state index contributed by atoms with van der Waals surface area (Å²) < 4.78 is 24.2. The molecule has 11 heteroatoms. The number of thiazole rings is 1. The number of thioether (sulfide) groups is 1. The van der Waals surface area contributed by atoms with Crippen molar-refractivity contribution in [1.82, 2.24) is 4.98 Å². The molecule has 3 heterocycles. The number of H-pyrrole nitrogens is 1. The molecule has 2 aromatic carbocycles. The number of amides is 2. The van der Waals surface area contributed by atoms with Crippen LogP contribution in [0.5, 0.6) is 5.75 Å². The number of imide groups is 1. The van der Waals surface area contributed by atoms with Gasteiger partial charge in [0.25, 0.3) is 0 Å². The Hall–Kier alpha value is -3.44. The van der Waals surface area contributed by atoms with E-state index in [0.717, 1.165) is 28.0 Å². The lowest BCUT2D eigenvalue weighted by Crippen LogP contribution is -2.32. The van der Waals surface area contributed by atoms with E-state index in [1.165, 1.54) is 24.3 Å². The van der Waals surface area contributed by atoms with E-state index in [-0.39, 0.29) is 23.8 Å². The lowest BCUT2D eigenvalue weighted by atomic mass is 9.82. The van der Waals surface area contributed by atoms with Gasteiger partial charge >= 0.3 is 10.8 Å². The Morgan fingerprint density at radius 1 is 1.09 bits per heavy atom. The van der Waals surface area contributed by atoms with Crippen LogP contribution in [0.1, 0.15) is 23.3 Å². The van der Waals surface area contributed by atoms with Gasteiger partial charge < -0.3 is 14.5 Å². The predicted octanol–water partition coefficient (Wildman–Crippen LogP) is 3.31. The number of aromatic nitrogens is 1. The molecule has 0 saturated carbocycles. The van der Waals surface area contributed by atoms with Crippen LogP contribution in [0.15, 0.2) is 58.4 Å². The Morgan fingerprint density at radius 3 is 2.57 bits per heavy atom. The van der Waals surface area contributed by atoms with Crippen LogP contribution in [0.25, 0.3) is 0 Å². The number of hydrogen-bond donors (Lipinski definition) is 1. The molecule has 8 nitrogen and oxygen atoms in total. The van der Waals surface area contributed by atoms with Gasteiger partial charge in [-0.15, -0.1) is 0 Å². The van der Waals surface area contributed by atoms with E-state index in [0.29, 0.717) is 21.2 Å². The lowest BCUT2D eigenvalue weighted by molar-refractivity contribution is -0.145. The third-order valence-corrected chi connectivity index (χ3v) is 8.21. The minimum Gasteiger partial charge on any atom is -0.482 e. The highest BCUT2D eigenvalue weighted by atomic mass is 32.2. The van der Waals surface area contributed by atoms with E-state index in [2.05, 4.69) is 4.98 Å². The molecule has 2 aliphatic rings. The van der Waals surface area contributed by atoms with Crippen LogP contribution in [0.3, 0.4) is 0 Å². The number of para-hydroxylation sites is 1. The van der Waals surface area contributed by atoms with Gasteiger partial charge in [0, 0.05) is 16.4 Å². The quantitative estimate of drug-likeness (QED) is 0.397. The molecule has 3 atom stereocenters. The number of hydrogen-bond acceptors (Lipinski definition) is 8. The van der Waals surface area contributed by atoms with Gasteiger partial charge in [-0.2, -0.15) is 0 Å². The van der Waals surface area contributed by atoms with Crippen LogP contribution in [0.2, 0.25) is 0 Å². The fourth-order valence-corrected chi connectivity index (χ4v) is 6.91. The number of aromatic amines is 1. The van der Waals surface area contributed by atoms with Crippen LogP contribution in [0.4, 0.5) is 10.1 Å². The number of rotatable bonds is 6. The van der Waals surface area contributed by atoms with Crippen molar-refractivity contribution in [3.8, 4) is 5.75 Å². The van der Waals surface area contributed by atoms with Gasteiger partial charge in [0.05, 0.1) is 23.2 Å². The number of benzene rings is 2. The monoisotopic (exact) mass is 514 g/mol. The molecule has 1 N–H and O–H groups in total. The van der Waals surface area contributed by atoms with Gasteiger partial charge in [-0.3, -0.25) is 14.4 Å². The second-order valence-corrected chi connectivity index (χ2v) is 10.0. The molecule has 1 fully saturated rings. The first-order valence-corrected chi connectivity index (χ1v) is 12.5. The number of carbonyl (C=O) groups excluding carboxylic acids is 3. The first-order valence-electron chi connectivity index (χ1n) is 10.8. The number of nitrogens with zero attached hydrogens (tertiary/aromatic N) is 1. The van der Waals surface area contributed by atoms with Gasteiger partial charge in [0.1, 0.15) is 16.8 Å². The van der Waals surface area contributed by atoms with E-state index in [9.17, 15) is 23.6 Å². The number of fused-ring (bicyclic) bond motifs is 2. The first kappa shape index (κ1) is 23.3. The number of carbonyl (C=O) groups is 3. The van der Waals surface area contributed by atoms with Crippen molar-refractivity contribution < 1.29 is 28.2 Å². The van der Waals surface area contributed by atoms with Crippen molar-refractivity contribution in [3.05, 3.63) is 74.5 Å². The Morgan fingerprint density at radius 2 is 1.83 bits per heavy atom. The standard InChI is InChI=1S/C24H19FN2O6S2/c1-2-32-16(28)11-33-15-6-4-3-5-14(15)17-18-20(34-21-19(17)35-24(31)26-21)23(30)27(22(18)29)13-9-7-12(25)8-10-13/h3-10,17-18,20H,2,11H2,1H3,(H,26,31). The Labute approximate surface area is 207 Å². The maximum atomic E-state index is 13.7. The van der Waals surface area contributed by atoms with Crippen molar-refractivity contribution in [1.29, 1.82) is 0 Å². The van der Waals surface area contributed by atoms with E-state index >= 15 is 0 Å². The molecule has 1 aromatic heterocycles. The number of esters is 1. The van der Waals surface area contributed by atoms with E-state index in [4.69, 9.17) is 9.47 Å².